The minimum Gasteiger partial charge on any atom is -0.322 e. The van der Waals surface area contributed by atoms with Gasteiger partial charge in [0.25, 0.3) is 0 Å². The number of thiazole rings is 1. The summed E-state index contributed by atoms with van der Waals surface area (Å²) in [7, 11) is 0. The van der Waals surface area contributed by atoms with Crippen LogP contribution in [0.3, 0.4) is 0 Å². The van der Waals surface area contributed by atoms with Gasteiger partial charge in [-0.2, -0.15) is 5.10 Å². The number of ketones is 1. The second-order valence-electron chi connectivity index (χ2n) is 5.62. The average Bonchev–Trinajstić information content (AvgIpc) is 3.36. The van der Waals surface area contributed by atoms with E-state index >= 15 is 0 Å². The first kappa shape index (κ1) is 15.6. The maximum absolute atomic E-state index is 11.7. The second kappa shape index (κ2) is 6.21. The molecule has 126 valence electrons. The number of carbonyl (C=O) groups excluding carboxylic acids is 1. The van der Waals surface area contributed by atoms with Gasteiger partial charge in [0.1, 0.15) is 16.7 Å². The van der Waals surface area contributed by atoms with Crippen molar-refractivity contribution >= 4 is 22.8 Å². The summed E-state index contributed by atoms with van der Waals surface area (Å²) in [6, 6.07) is 3.38. The van der Waals surface area contributed by atoms with Crippen molar-refractivity contribution in [2.45, 2.75) is 26.3 Å². The standard InChI is InChI=1S/C17H16N6OS/c1-3-13-15(20-14-5-4-12(11(2)24)21-23(13)14)16(17-19-7-9-25-17)22-8-6-18-10-22/h4-10,16H,3H2,1-2H3. The number of aromatic nitrogens is 6. The van der Waals surface area contributed by atoms with E-state index in [0.29, 0.717) is 5.69 Å². The van der Waals surface area contributed by atoms with Crippen LogP contribution in [-0.2, 0) is 6.42 Å². The maximum atomic E-state index is 11.7. The van der Waals surface area contributed by atoms with E-state index in [2.05, 4.69) is 22.0 Å². The summed E-state index contributed by atoms with van der Waals surface area (Å²) in [5.74, 6) is -0.0645. The first-order valence-electron chi connectivity index (χ1n) is 7.95. The minimum absolute atomic E-state index is 0.0645. The molecule has 0 aromatic carbocycles. The molecule has 25 heavy (non-hydrogen) atoms. The summed E-state index contributed by atoms with van der Waals surface area (Å²) in [6.45, 7) is 3.57. The van der Waals surface area contributed by atoms with E-state index in [1.54, 1.807) is 40.6 Å². The molecule has 4 heterocycles. The van der Waals surface area contributed by atoms with Crippen LogP contribution in [0.2, 0.25) is 0 Å². The van der Waals surface area contributed by atoms with Crippen molar-refractivity contribution in [3.8, 4) is 0 Å². The fourth-order valence-electron chi connectivity index (χ4n) is 2.91. The summed E-state index contributed by atoms with van der Waals surface area (Å²) >= 11 is 1.58. The largest absolute Gasteiger partial charge is 0.322 e. The number of nitrogens with zero attached hydrogens (tertiary/aromatic N) is 6. The van der Waals surface area contributed by atoms with Crippen LogP contribution in [-0.4, -0.2) is 34.9 Å². The van der Waals surface area contributed by atoms with Crippen LogP contribution in [0.4, 0.5) is 0 Å². The zero-order valence-electron chi connectivity index (χ0n) is 13.8. The maximum Gasteiger partial charge on any atom is 0.179 e. The van der Waals surface area contributed by atoms with Crippen LogP contribution in [0.15, 0.2) is 42.4 Å². The molecule has 0 aliphatic heterocycles. The monoisotopic (exact) mass is 352 g/mol. The molecule has 0 saturated heterocycles. The van der Waals surface area contributed by atoms with Crippen molar-refractivity contribution in [2.24, 2.45) is 0 Å². The van der Waals surface area contributed by atoms with E-state index in [0.717, 1.165) is 28.5 Å². The Morgan fingerprint density at radius 1 is 1.32 bits per heavy atom. The molecular weight excluding hydrogens is 336 g/mol. The average molecular weight is 352 g/mol. The molecule has 0 spiro atoms. The van der Waals surface area contributed by atoms with Crippen LogP contribution in [0.5, 0.6) is 0 Å². The molecule has 0 amide bonds. The molecule has 4 aromatic heterocycles. The molecule has 1 unspecified atom stereocenters. The summed E-state index contributed by atoms with van der Waals surface area (Å²) in [5.41, 5.74) is 2.99. The van der Waals surface area contributed by atoms with Crippen LogP contribution in [0.25, 0.3) is 5.65 Å². The van der Waals surface area contributed by atoms with E-state index in [9.17, 15) is 4.79 Å². The third-order valence-electron chi connectivity index (χ3n) is 4.06. The van der Waals surface area contributed by atoms with Gasteiger partial charge in [0.15, 0.2) is 11.4 Å². The first-order valence-corrected chi connectivity index (χ1v) is 8.83. The van der Waals surface area contributed by atoms with Gasteiger partial charge < -0.3 is 4.57 Å². The Balaban J connectivity index is 1.96. The third-order valence-corrected chi connectivity index (χ3v) is 4.89. The second-order valence-corrected chi connectivity index (χ2v) is 6.55. The van der Waals surface area contributed by atoms with Crippen molar-refractivity contribution in [3.05, 3.63) is 64.5 Å². The van der Waals surface area contributed by atoms with Gasteiger partial charge in [0, 0.05) is 30.9 Å². The highest BCUT2D eigenvalue weighted by Crippen LogP contribution is 2.30. The predicted octanol–water partition coefficient (Wildman–Crippen LogP) is 2.79. The molecule has 4 rings (SSSR count). The Morgan fingerprint density at radius 2 is 2.20 bits per heavy atom. The zero-order chi connectivity index (χ0) is 17.4. The van der Waals surface area contributed by atoms with Gasteiger partial charge in [-0.25, -0.2) is 19.5 Å². The lowest BCUT2D eigenvalue weighted by Crippen LogP contribution is -2.13. The molecule has 0 radical (unpaired) electrons. The Morgan fingerprint density at radius 3 is 2.84 bits per heavy atom. The van der Waals surface area contributed by atoms with Gasteiger partial charge in [0.2, 0.25) is 0 Å². The number of aryl methyl sites for hydroxylation is 1. The molecule has 8 heteroatoms. The smallest absolute Gasteiger partial charge is 0.179 e. The van der Waals surface area contributed by atoms with E-state index in [4.69, 9.17) is 4.98 Å². The molecule has 0 bridgehead atoms. The summed E-state index contributed by atoms with van der Waals surface area (Å²) in [4.78, 5) is 25.1. The number of rotatable bonds is 5. The topological polar surface area (TPSA) is 78.0 Å². The molecule has 0 fully saturated rings. The van der Waals surface area contributed by atoms with Crippen molar-refractivity contribution < 1.29 is 4.79 Å². The summed E-state index contributed by atoms with van der Waals surface area (Å²) < 4.78 is 3.76. The first-order chi connectivity index (χ1) is 12.2. The molecule has 4 aromatic rings. The van der Waals surface area contributed by atoms with E-state index in [1.165, 1.54) is 6.92 Å². The van der Waals surface area contributed by atoms with Crippen LogP contribution in [0, 0.1) is 0 Å². The van der Waals surface area contributed by atoms with Crippen molar-refractivity contribution in [1.29, 1.82) is 0 Å². The number of Topliss-reactive ketones (excluding diaryl/α,β-unsaturated/α-hetero) is 1. The SMILES string of the molecule is CCc1c(C(c2nccs2)n2ccnc2)nc2ccc(C(C)=O)nn12. The van der Waals surface area contributed by atoms with Gasteiger partial charge in [-0.15, -0.1) is 11.3 Å². The van der Waals surface area contributed by atoms with E-state index in [-0.39, 0.29) is 11.8 Å². The quantitative estimate of drug-likeness (QED) is 0.516. The van der Waals surface area contributed by atoms with Crippen molar-refractivity contribution in [2.75, 3.05) is 0 Å². The van der Waals surface area contributed by atoms with Gasteiger partial charge in [-0.1, -0.05) is 6.92 Å². The molecular formula is C17H16N6OS. The molecule has 7 nitrogen and oxygen atoms in total. The van der Waals surface area contributed by atoms with Gasteiger partial charge in [-0.05, 0) is 18.6 Å². The van der Waals surface area contributed by atoms with E-state index in [1.807, 2.05) is 22.2 Å². The van der Waals surface area contributed by atoms with Crippen LogP contribution >= 0.6 is 11.3 Å². The zero-order valence-corrected chi connectivity index (χ0v) is 14.6. The predicted molar refractivity (Wildman–Crippen MR) is 94.0 cm³/mol. The lowest BCUT2D eigenvalue weighted by Gasteiger charge is -2.15. The van der Waals surface area contributed by atoms with Crippen molar-refractivity contribution in [3.63, 3.8) is 0 Å². The molecule has 0 aliphatic carbocycles. The van der Waals surface area contributed by atoms with Crippen LogP contribution < -0.4 is 0 Å². The van der Waals surface area contributed by atoms with Gasteiger partial charge in [-0.3, -0.25) is 4.79 Å². The van der Waals surface area contributed by atoms with Gasteiger partial charge in [0.05, 0.1) is 17.7 Å². The van der Waals surface area contributed by atoms with Crippen LogP contribution in [0.1, 0.15) is 46.8 Å². The highest BCUT2D eigenvalue weighted by molar-refractivity contribution is 7.09. The normalized spacial score (nSPS) is 12.6. The fraction of sp³-hybridized carbons (Fsp3) is 0.235. The summed E-state index contributed by atoms with van der Waals surface area (Å²) in [6.07, 6.45) is 7.95. The highest BCUT2D eigenvalue weighted by atomic mass is 32.1. The molecule has 0 aliphatic rings. The molecule has 0 N–H and O–H groups in total. The lowest BCUT2D eigenvalue weighted by molar-refractivity contribution is 0.101. The lowest BCUT2D eigenvalue weighted by atomic mass is 10.1. The van der Waals surface area contributed by atoms with Crippen molar-refractivity contribution in [1.82, 2.24) is 29.1 Å². The number of carbonyl (C=O) groups is 1. The highest BCUT2D eigenvalue weighted by Gasteiger charge is 2.26. The van der Waals surface area contributed by atoms with Gasteiger partial charge >= 0.3 is 0 Å². The minimum atomic E-state index is -0.167. The number of fused-ring (bicyclic) bond motifs is 1. The molecule has 0 saturated carbocycles. The fourth-order valence-corrected chi connectivity index (χ4v) is 3.66. The number of hydrogen-bond acceptors (Lipinski definition) is 6. The molecule has 1 atom stereocenters. The Labute approximate surface area is 148 Å². The number of imidazole rings is 2. The summed E-state index contributed by atoms with van der Waals surface area (Å²) in [5, 5.41) is 7.36. The Bertz CT molecular complexity index is 985. The third kappa shape index (κ3) is 2.64. The Hall–Kier alpha value is -2.87. The number of hydrogen-bond donors (Lipinski definition) is 0. The Kier molecular flexibility index (Phi) is 3.89. The van der Waals surface area contributed by atoms with E-state index < -0.39 is 0 Å².